The van der Waals surface area contributed by atoms with Crippen LogP contribution in [0.1, 0.15) is 62.4 Å². The summed E-state index contributed by atoms with van der Waals surface area (Å²) >= 11 is 0. The van der Waals surface area contributed by atoms with Gasteiger partial charge in [0.05, 0.1) is 24.1 Å². The van der Waals surface area contributed by atoms with Crippen LogP contribution in [0.25, 0.3) is 0 Å². The molecule has 4 heterocycles. The molecule has 0 radical (unpaired) electrons. The Labute approximate surface area is 223 Å². The second-order valence-corrected chi connectivity index (χ2v) is 10.0. The van der Waals surface area contributed by atoms with Gasteiger partial charge in [-0.25, -0.2) is 15.1 Å². The van der Waals surface area contributed by atoms with Gasteiger partial charge in [-0.2, -0.15) is 31.4 Å². The molecule has 218 valence electrons. The highest BCUT2D eigenvalue weighted by atomic mass is 19.4. The number of nitrogens with zero attached hydrogens (tertiary/aromatic N) is 6. The third-order valence-electron chi connectivity index (χ3n) is 6.35. The molecule has 1 aliphatic heterocycles. The number of anilines is 2. The Morgan fingerprint density at radius 3 is 2.48 bits per heavy atom. The highest BCUT2D eigenvalue weighted by molar-refractivity contribution is 5.50. The first-order chi connectivity index (χ1) is 18.6. The molecule has 3 aromatic heterocycles. The van der Waals surface area contributed by atoms with E-state index in [1.807, 2.05) is 18.7 Å². The molecule has 0 amide bonds. The molecule has 1 saturated heterocycles. The topological polar surface area (TPSA) is 135 Å². The Morgan fingerprint density at radius 1 is 1.15 bits per heavy atom. The molecule has 4 rings (SSSR count). The summed E-state index contributed by atoms with van der Waals surface area (Å²) in [4.78, 5) is 21.2. The molecule has 17 heteroatoms. The lowest BCUT2D eigenvalue weighted by Crippen LogP contribution is -2.50. The molecule has 0 saturated carbocycles. The zero-order valence-electron chi connectivity index (χ0n) is 21.6. The van der Waals surface area contributed by atoms with Crippen molar-refractivity contribution in [1.82, 2.24) is 30.4 Å². The van der Waals surface area contributed by atoms with E-state index in [1.165, 1.54) is 0 Å². The Bertz CT molecular complexity index is 1360. The van der Waals surface area contributed by atoms with Gasteiger partial charge in [-0.3, -0.25) is 4.79 Å². The summed E-state index contributed by atoms with van der Waals surface area (Å²) in [6, 6.07) is -0.621. The van der Waals surface area contributed by atoms with E-state index >= 15 is 0 Å². The van der Waals surface area contributed by atoms with Crippen LogP contribution in [0.3, 0.4) is 0 Å². The van der Waals surface area contributed by atoms with Crippen LogP contribution < -0.4 is 15.8 Å². The Hall–Kier alpha value is -3.76. The normalized spacial score (nSPS) is 18.5. The fourth-order valence-corrected chi connectivity index (χ4v) is 4.50. The maximum atomic E-state index is 13.2. The Kier molecular flexibility index (Phi) is 8.05. The van der Waals surface area contributed by atoms with Gasteiger partial charge in [-0.1, -0.05) is 0 Å². The molecular formula is C23H26F6N8O3. The summed E-state index contributed by atoms with van der Waals surface area (Å²) < 4.78 is 89.4. The van der Waals surface area contributed by atoms with Gasteiger partial charge in [-0.05, 0) is 33.6 Å². The minimum Gasteiger partial charge on any atom is -0.422 e. The van der Waals surface area contributed by atoms with Crippen LogP contribution >= 0.6 is 0 Å². The van der Waals surface area contributed by atoms with E-state index in [0.717, 1.165) is 18.6 Å². The third-order valence-corrected chi connectivity index (χ3v) is 6.35. The molecule has 2 unspecified atom stereocenters. The third kappa shape index (κ3) is 6.68. The number of ether oxygens (including phenoxy) is 1. The average Bonchev–Trinajstić information content (AvgIpc) is 3.31. The first-order valence-electron chi connectivity index (χ1n) is 12.1. The smallest absolute Gasteiger partial charge is 0.422 e. The van der Waals surface area contributed by atoms with Gasteiger partial charge in [0, 0.05) is 36.4 Å². The van der Waals surface area contributed by atoms with Gasteiger partial charge >= 0.3 is 12.4 Å². The SMILES string of the molecule is CC(COCc1nnc(C2CCN(c3ncc(C(F)(F)F)cn3)C(C)(C)C2)o1)Nc1cn[nH]c(=O)c1C(F)(F)F. The van der Waals surface area contributed by atoms with Gasteiger partial charge < -0.3 is 19.4 Å². The lowest BCUT2D eigenvalue weighted by Gasteiger charge is -2.44. The number of piperidine rings is 1. The van der Waals surface area contributed by atoms with Crippen LogP contribution in [-0.4, -0.2) is 55.1 Å². The molecule has 3 aromatic rings. The van der Waals surface area contributed by atoms with Crippen LogP contribution in [0.4, 0.5) is 38.0 Å². The van der Waals surface area contributed by atoms with Crippen molar-refractivity contribution in [2.45, 2.75) is 70.1 Å². The van der Waals surface area contributed by atoms with Crippen molar-refractivity contribution < 1.29 is 35.5 Å². The van der Waals surface area contributed by atoms with Crippen LogP contribution in [0.15, 0.2) is 27.8 Å². The number of rotatable bonds is 8. The molecule has 2 N–H and O–H groups in total. The van der Waals surface area contributed by atoms with Gasteiger partial charge in [0.25, 0.3) is 5.56 Å². The highest BCUT2D eigenvalue weighted by Gasteiger charge is 2.40. The van der Waals surface area contributed by atoms with Crippen molar-refractivity contribution >= 4 is 11.6 Å². The maximum Gasteiger partial charge on any atom is 0.423 e. The number of aromatic nitrogens is 6. The first kappa shape index (κ1) is 29.2. The standard InChI is InChI=1S/C23H26F6N8O3/c1-12(33-15-9-32-35-18(38)17(15)23(27,28)29)10-39-11-16-34-36-19(40-16)13-4-5-37(21(2,3)6-13)20-30-7-14(8-31-20)22(24,25)26/h7-9,12-13H,4-6,10-11H2,1-3H3,(H2,33,35,38). The summed E-state index contributed by atoms with van der Waals surface area (Å²) in [6.07, 6.45) is -5.90. The van der Waals surface area contributed by atoms with E-state index in [2.05, 4.69) is 30.6 Å². The Balaban J connectivity index is 1.31. The molecule has 40 heavy (non-hydrogen) atoms. The number of alkyl halides is 6. The highest BCUT2D eigenvalue weighted by Crippen LogP contribution is 2.39. The van der Waals surface area contributed by atoms with Gasteiger partial charge in [0.2, 0.25) is 17.7 Å². The lowest BCUT2D eigenvalue weighted by atomic mass is 9.83. The maximum absolute atomic E-state index is 13.2. The molecule has 11 nitrogen and oxygen atoms in total. The van der Waals surface area contributed by atoms with Crippen molar-refractivity contribution in [1.29, 1.82) is 0 Å². The molecule has 0 aromatic carbocycles. The molecule has 0 spiro atoms. The zero-order valence-corrected chi connectivity index (χ0v) is 21.6. The summed E-state index contributed by atoms with van der Waals surface area (Å²) in [5, 5.41) is 15.8. The number of aromatic amines is 1. The van der Waals surface area contributed by atoms with E-state index in [1.54, 1.807) is 12.0 Å². The number of nitrogens with one attached hydrogen (secondary N) is 2. The van der Waals surface area contributed by atoms with Gasteiger partial charge in [0.15, 0.2) is 0 Å². The van der Waals surface area contributed by atoms with E-state index in [4.69, 9.17) is 9.15 Å². The van der Waals surface area contributed by atoms with E-state index in [-0.39, 0.29) is 31.0 Å². The fourth-order valence-electron chi connectivity index (χ4n) is 4.50. The predicted octanol–water partition coefficient (Wildman–Crippen LogP) is 4.16. The predicted molar refractivity (Wildman–Crippen MR) is 127 cm³/mol. The van der Waals surface area contributed by atoms with E-state index in [0.29, 0.717) is 25.3 Å². The van der Waals surface area contributed by atoms with Crippen molar-refractivity contribution in [3.05, 3.63) is 51.9 Å². The zero-order chi connectivity index (χ0) is 29.3. The summed E-state index contributed by atoms with van der Waals surface area (Å²) in [5.41, 5.74) is -4.66. The number of halogens is 6. The first-order valence-corrected chi connectivity index (χ1v) is 12.1. The van der Waals surface area contributed by atoms with Gasteiger partial charge in [-0.15, -0.1) is 10.2 Å². The quantitative estimate of drug-likeness (QED) is 0.377. The van der Waals surface area contributed by atoms with Crippen LogP contribution in [0.2, 0.25) is 0 Å². The van der Waals surface area contributed by atoms with Crippen molar-refractivity contribution in [2.24, 2.45) is 0 Å². The minimum atomic E-state index is -4.87. The number of hydrogen-bond acceptors (Lipinski definition) is 10. The van der Waals surface area contributed by atoms with Gasteiger partial charge in [0.1, 0.15) is 12.2 Å². The van der Waals surface area contributed by atoms with Crippen LogP contribution in [0.5, 0.6) is 0 Å². The second-order valence-electron chi connectivity index (χ2n) is 10.0. The summed E-state index contributed by atoms with van der Waals surface area (Å²) in [7, 11) is 0. The molecular weight excluding hydrogens is 550 g/mol. The fraction of sp³-hybridized carbons (Fsp3) is 0.565. The number of H-pyrrole nitrogens is 1. The lowest BCUT2D eigenvalue weighted by molar-refractivity contribution is -0.139. The summed E-state index contributed by atoms with van der Waals surface area (Å²) in [6.45, 7) is 5.69. The number of hydrogen-bond donors (Lipinski definition) is 2. The minimum absolute atomic E-state index is 0.0413. The monoisotopic (exact) mass is 576 g/mol. The molecule has 1 aliphatic rings. The molecule has 1 fully saturated rings. The van der Waals surface area contributed by atoms with Crippen LogP contribution in [-0.2, 0) is 23.7 Å². The van der Waals surface area contributed by atoms with Crippen molar-refractivity contribution in [2.75, 3.05) is 23.4 Å². The van der Waals surface area contributed by atoms with Crippen molar-refractivity contribution in [3.8, 4) is 0 Å². The van der Waals surface area contributed by atoms with Crippen LogP contribution in [0, 0.1) is 0 Å². The van der Waals surface area contributed by atoms with E-state index in [9.17, 15) is 31.1 Å². The Morgan fingerprint density at radius 2 is 1.85 bits per heavy atom. The van der Waals surface area contributed by atoms with Crippen molar-refractivity contribution in [3.63, 3.8) is 0 Å². The van der Waals surface area contributed by atoms with E-state index < -0.39 is 46.3 Å². The molecule has 0 aliphatic carbocycles. The molecule has 2 atom stereocenters. The summed E-state index contributed by atoms with van der Waals surface area (Å²) in [5.74, 6) is 0.599. The largest absolute Gasteiger partial charge is 0.423 e. The second kappa shape index (κ2) is 11.0. The molecule has 0 bridgehead atoms. The average molecular weight is 577 g/mol.